The molecular formula is C61H61BN2O. The first-order valence-electron chi connectivity index (χ1n) is 23.9. The van der Waals surface area contributed by atoms with Crippen LogP contribution in [0.2, 0.25) is 0 Å². The van der Waals surface area contributed by atoms with Crippen LogP contribution in [0.4, 0.5) is 0 Å². The summed E-state index contributed by atoms with van der Waals surface area (Å²) in [5, 5.41) is 7.67. The van der Waals surface area contributed by atoms with Crippen LogP contribution in [0.3, 0.4) is 0 Å². The highest BCUT2D eigenvalue weighted by Crippen LogP contribution is 2.48. The molecule has 0 aliphatic carbocycles. The number of hydrogen-bond acceptors (Lipinski definition) is 1. The zero-order valence-electron chi connectivity index (χ0n) is 40.8. The molecule has 5 heterocycles. The van der Waals surface area contributed by atoms with Gasteiger partial charge in [0.15, 0.2) is 0 Å². The molecular weight excluding hydrogens is 787 g/mol. The van der Waals surface area contributed by atoms with E-state index in [9.17, 15) is 0 Å². The maximum atomic E-state index is 6.77. The van der Waals surface area contributed by atoms with E-state index in [1.54, 1.807) is 0 Å². The second-order valence-electron chi connectivity index (χ2n) is 24.3. The topological polar surface area (TPSA) is 23.0 Å². The SMILES string of the molecule is CC(C)(C)c1ccc(-n2c3ccc4c(c3c3ccc5oc6ccc(C(C)(C)C)cc6c5c32)C(C)(C)c2cccc3c2B4c2cc(C(C)(C)C)cc4c5cc(C(C)(C)C)ccc5n-3c24)cc1. The molecule has 3 aromatic heterocycles. The van der Waals surface area contributed by atoms with Crippen molar-refractivity contribution in [2.75, 3.05) is 0 Å². The minimum atomic E-state index is -0.320. The highest BCUT2D eigenvalue weighted by Gasteiger charge is 2.47. The van der Waals surface area contributed by atoms with Crippen LogP contribution in [0.5, 0.6) is 0 Å². The third-order valence-electron chi connectivity index (χ3n) is 15.6. The maximum absolute atomic E-state index is 6.77. The molecule has 12 rings (SSSR count). The molecule has 65 heavy (non-hydrogen) atoms. The van der Waals surface area contributed by atoms with Gasteiger partial charge in [-0.2, -0.15) is 0 Å². The number of rotatable bonds is 1. The molecule has 4 heteroatoms. The number of aromatic nitrogens is 2. The van der Waals surface area contributed by atoms with Gasteiger partial charge in [-0.25, -0.2) is 0 Å². The monoisotopic (exact) mass is 848 g/mol. The summed E-state index contributed by atoms with van der Waals surface area (Å²) in [6.45, 7) is 33.0. The molecule has 3 nitrogen and oxygen atoms in total. The van der Waals surface area contributed by atoms with Gasteiger partial charge < -0.3 is 13.6 Å². The molecule has 0 saturated carbocycles. The molecule has 10 aromatic rings. The lowest BCUT2D eigenvalue weighted by atomic mass is 9.30. The molecule has 0 fully saturated rings. The summed E-state index contributed by atoms with van der Waals surface area (Å²) in [7, 11) is 0. The Morgan fingerprint density at radius 1 is 0.462 bits per heavy atom. The molecule has 0 bridgehead atoms. The lowest BCUT2D eigenvalue weighted by molar-refractivity contribution is 0.590. The fraction of sp³-hybridized carbons (Fsp3) is 0.311. The Hall–Kier alpha value is -6.00. The summed E-state index contributed by atoms with van der Waals surface area (Å²) in [6, 6.07) is 45.2. The minimum Gasteiger partial charge on any atom is -0.456 e. The second-order valence-corrected chi connectivity index (χ2v) is 24.3. The molecule has 0 saturated heterocycles. The smallest absolute Gasteiger partial charge is 0.247 e. The van der Waals surface area contributed by atoms with Crippen molar-refractivity contribution in [1.82, 2.24) is 9.13 Å². The molecule has 0 atom stereocenters. The second kappa shape index (κ2) is 12.7. The van der Waals surface area contributed by atoms with Gasteiger partial charge in [0.25, 0.3) is 0 Å². The van der Waals surface area contributed by atoms with Crippen molar-refractivity contribution in [2.45, 2.75) is 124 Å². The standard InChI is InChI=1S/C61H61BN2O/c1-57(2,3)34-18-22-38(23-19-34)63-47-27-25-44-53(51(47)39-24-29-50-52(56(39)63)42-31-36(59(7,8)9)21-28-49(42)65-50)61(13,14)43-16-15-17-48-54(43)62(44)45-33-37(60(10,11)12)32-41-40-30-35(58(4,5)6)20-26-46(40)64(48)55(41)45/h15-33H,1-14H3. The van der Waals surface area contributed by atoms with Crippen molar-refractivity contribution in [1.29, 1.82) is 0 Å². The van der Waals surface area contributed by atoms with Crippen molar-refractivity contribution < 1.29 is 4.42 Å². The van der Waals surface area contributed by atoms with Crippen LogP contribution in [-0.2, 0) is 27.1 Å². The summed E-state index contributed by atoms with van der Waals surface area (Å²) >= 11 is 0. The van der Waals surface area contributed by atoms with Crippen LogP contribution >= 0.6 is 0 Å². The Labute approximate surface area is 384 Å². The van der Waals surface area contributed by atoms with Crippen molar-refractivity contribution in [3.8, 4) is 11.4 Å². The Morgan fingerprint density at radius 3 is 1.74 bits per heavy atom. The van der Waals surface area contributed by atoms with Gasteiger partial charge in [-0.1, -0.05) is 151 Å². The highest BCUT2D eigenvalue weighted by molar-refractivity contribution is 6.99. The zero-order chi connectivity index (χ0) is 45.7. The lowest BCUT2D eigenvalue weighted by Gasteiger charge is -2.42. The molecule has 0 radical (unpaired) electrons. The van der Waals surface area contributed by atoms with E-state index in [0.717, 1.165) is 11.2 Å². The van der Waals surface area contributed by atoms with Gasteiger partial charge in [-0.15, -0.1) is 0 Å². The molecule has 2 aliphatic rings. The van der Waals surface area contributed by atoms with Crippen molar-refractivity contribution in [3.05, 3.63) is 149 Å². The summed E-state index contributed by atoms with van der Waals surface area (Å²) in [5.74, 6) is 0. The number of benzene rings is 7. The molecule has 324 valence electrons. The fourth-order valence-corrected chi connectivity index (χ4v) is 12.0. The molecule has 7 aromatic carbocycles. The lowest BCUT2D eigenvalue weighted by Crippen LogP contribution is -2.63. The Bertz CT molecular complexity index is 3710. The Kier molecular flexibility index (Phi) is 7.89. The van der Waals surface area contributed by atoms with E-state index in [4.69, 9.17) is 4.42 Å². The van der Waals surface area contributed by atoms with Gasteiger partial charge in [0.05, 0.1) is 21.9 Å². The molecule has 0 amide bonds. The van der Waals surface area contributed by atoms with Crippen molar-refractivity contribution >= 4 is 88.7 Å². The van der Waals surface area contributed by atoms with Gasteiger partial charge in [0.2, 0.25) is 6.71 Å². The summed E-state index contributed by atoms with van der Waals surface area (Å²) in [5.41, 5.74) is 21.6. The van der Waals surface area contributed by atoms with E-state index in [1.165, 1.54) is 116 Å². The van der Waals surface area contributed by atoms with Crippen LogP contribution in [-0.4, -0.2) is 15.8 Å². The van der Waals surface area contributed by atoms with E-state index in [0.29, 0.717) is 0 Å². The normalized spacial score (nSPS) is 15.0. The number of nitrogens with zero attached hydrogens (tertiary/aromatic N) is 2. The molecule has 0 spiro atoms. The van der Waals surface area contributed by atoms with Crippen LogP contribution < -0.4 is 16.4 Å². The fourth-order valence-electron chi connectivity index (χ4n) is 12.0. The summed E-state index contributed by atoms with van der Waals surface area (Å²) in [6.07, 6.45) is 0. The number of furan rings is 1. The first-order chi connectivity index (χ1) is 30.5. The summed E-state index contributed by atoms with van der Waals surface area (Å²) in [4.78, 5) is 0. The third kappa shape index (κ3) is 5.49. The first kappa shape index (κ1) is 40.5. The quantitative estimate of drug-likeness (QED) is 0.151. The van der Waals surface area contributed by atoms with Crippen LogP contribution in [0, 0.1) is 0 Å². The van der Waals surface area contributed by atoms with Gasteiger partial charge >= 0.3 is 0 Å². The highest BCUT2D eigenvalue weighted by atomic mass is 16.3. The number of fused-ring (bicyclic) bond motifs is 15. The van der Waals surface area contributed by atoms with Gasteiger partial charge in [0.1, 0.15) is 11.2 Å². The molecule has 0 unspecified atom stereocenters. The predicted molar refractivity (Wildman–Crippen MR) is 280 cm³/mol. The van der Waals surface area contributed by atoms with E-state index >= 15 is 0 Å². The zero-order valence-corrected chi connectivity index (χ0v) is 40.8. The van der Waals surface area contributed by atoms with Crippen molar-refractivity contribution in [2.24, 2.45) is 0 Å². The van der Waals surface area contributed by atoms with Crippen molar-refractivity contribution in [3.63, 3.8) is 0 Å². The largest absolute Gasteiger partial charge is 0.456 e. The maximum Gasteiger partial charge on any atom is 0.247 e. The van der Waals surface area contributed by atoms with Gasteiger partial charge in [-0.05, 0) is 133 Å². The van der Waals surface area contributed by atoms with Crippen LogP contribution in [0.15, 0.2) is 120 Å². The Balaban J connectivity index is 1.24. The molecule has 0 N–H and O–H groups in total. The third-order valence-corrected chi connectivity index (χ3v) is 15.6. The average molecular weight is 849 g/mol. The van der Waals surface area contributed by atoms with Gasteiger partial charge in [-0.3, -0.25) is 0 Å². The van der Waals surface area contributed by atoms with E-state index in [2.05, 4.69) is 221 Å². The van der Waals surface area contributed by atoms with Gasteiger partial charge in [0, 0.05) is 49.2 Å². The number of hydrogen-bond donors (Lipinski definition) is 0. The predicted octanol–water partition coefficient (Wildman–Crippen LogP) is 14.4. The average Bonchev–Trinajstić information content (AvgIpc) is 3.89. The first-order valence-corrected chi connectivity index (χ1v) is 23.9. The minimum absolute atomic E-state index is 0.00713. The van der Waals surface area contributed by atoms with E-state index in [-0.39, 0.29) is 33.8 Å². The Morgan fingerprint density at radius 2 is 1.06 bits per heavy atom. The summed E-state index contributed by atoms with van der Waals surface area (Å²) < 4.78 is 12.0. The van der Waals surface area contributed by atoms with E-state index in [1.807, 2.05) is 0 Å². The molecule has 2 aliphatic heterocycles. The van der Waals surface area contributed by atoms with Crippen LogP contribution in [0.25, 0.3) is 76.9 Å². The van der Waals surface area contributed by atoms with Crippen LogP contribution in [0.1, 0.15) is 130 Å². The van der Waals surface area contributed by atoms with E-state index < -0.39 is 0 Å².